The average Bonchev–Trinajstić information content (AvgIpc) is 2.45. The molecule has 0 aromatic carbocycles. The predicted molar refractivity (Wildman–Crippen MR) is 49.0 cm³/mol. The Morgan fingerprint density at radius 2 is 1.92 bits per heavy atom. The molecule has 0 N–H and O–H groups in total. The molecule has 0 bridgehead atoms. The van der Waals surface area contributed by atoms with Crippen molar-refractivity contribution in [1.82, 2.24) is 0 Å². The summed E-state index contributed by atoms with van der Waals surface area (Å²) in [6.45, 7) is 8.58. The molecule has 72 valence electrons. The van der Waals surface area contributed by atoms with Crippen molar-refractivity contribution >= 4 is 0 Å². The minimum Gasteiger partial charge on any atom is -0.347 e. The van der Waals surface area contributed by atoms with Crippen LogP contribution in [0.2, 0.25) is 0 Å². The van der Waals surface area contributed by atoms with Crippen molar-refractivity contribution in [3.63, 3.8) is 0 Å². The summed E-state index contributed by atoms with van der Waals surface area (Å²) in [7, 11) is 0. The Bertz CT molecular complexity index is 136. The molecule has 0 radical (unpaired) electrons. The van der Waals surface area contributed by atoms with Crippen molar-refractivity contribution in [2.45, 2.75) is 59.0 Å². The van der Waals surface area contributed by atoms with Crippen LogP contribution < -0.4 is 0 Å². The summed E-state index contributed by atoms with van der Waals surface area (Å²) in [5.74, 6) is 0.518. The second kappa shape index (κ2) is 4.24. The number of hydrogen-bond acceptors (Lipinski definition) is 2. The second-order valence-electron chi connectivity index (χ2n) is 3.68. The summed E-state index contributed by atoms with van der Waals surface area (Å²) in [6.07, 6.45) is 2.79. The van der Waals surface area contributed by atoms with Crippen LogP contribution in [0.25, 0.3) is 0 Å². The van der Waals surface area contributed by atoms with Crippen molar-refractivity contribution in [1.29, 1.82) is 0 Å². The maximum atomic E-state index is 5.75. The van der Waals surface area contributed by atoms with Gasteiger partial charge >= 0.3 is 0 Å². The third-order valence-corrected chi connectivity index (χ3v) is 2.69. The second-order valence-corrected chi connectivity index (χ2v) is 3.68. The Balaban J connectivity index is 2.42. The molecular weight excluding hydrogens is 152 g/mol. The molecule has 1 aliphatic rings. The van der Waals surface area contributed by atoms with E-state index in [9.17, 15) is 0 Å². The van der Waals surface area contributed by atoms with Crippen LogP contribution in [-0.2, 0) is 9.47 Å². The summed E-state index contributed by atoms with van der Waals surface area (Å²) in [5, 5.41) is 0. The molecule has 4 atom stereocenters. The fraction of sp³-hybridized carbons (Fsp3) is 1.00. The molecule has 1 rings (SSSR count). The molecule has 1 fully saturated rings. The molecular formula is C10H20O2. The molecule has 0 aromatic rings. The highest BCUT2D eigenvalue weighted by atomic mass is 16.7. The fourth-order valence-electron chi connectivity index (χ4n) is 1.50. The quantitative estimate of drug-likeness (QED) is 0.651. The minimum absolute atomic E-state index is 0.0370. The Hall–Kier alpha value is -0.0800. The highest BCUT2D eigenvalue weighted by molar-refractivity contribution is 4.74. The molecule has 2 nitrogen and oxygen atoms in total. The van der Waals surface area contributed by atoms with Gasteiger partial charge in [-0.05, 0) is 19.8 Å². The zero-order valence-electron chi connectivity index (χ0n) is 8.54. The zero-order valence-corrected chi connectivity index (χ0v) is 8.54. The Morgan fingerprint density at radius 3 is 2.33 bits per heavy atom. The van der Waals surface area contributed by atoms with Crippen LogP contribution in [0.1, 0.15) is 40.5 Å². The molecule has 12 heavy (non-hydrogen) atoms. The van der Waals surface area contributed by atoms with Gasteiger partial charge in [0.1, 0.15) is 0 Å². The van der Waals surface area contributed by atoms with Gasteiger partial charge in [0, 0.05) is 5.92 Å². The first-order valence-electron chi connectivity index (χ1n) is 4.99. The number of rotatable bonds is 3. The van der Waals surface area contributed by atoms with Gasteiger partial charge in [-0.2, -0.15) is 0 Å². The lowest BCUT2D eigenvalue weighted by molar-refractivity contribution is -0.0990. The highest BCUT2D eigenvalue weighted by Gasteiger charge is 2.33. The minimum atomic E-state index is 0.0370. The first kappa shape index (κ1) is 10.0. The SMILES string of the molecule is CCC(C)C1OC(C)C(CC)O1. The van der Waals surface area contributed by atoms with Crippen LogP contribution in [0.15, 0.2) is 0 Å². The summed E-state index contributed by atoms with van der Waals surface area (Å²) in [6, 6.07) is 0. The number of ether oxygens (including phenoxy) is 2. The van der Waals surface area contributed by atoms with Crippen LogP contribution >= 0.6 is 0 Å². The van der Waals surface area contributed by atoms with Crippen LogP contribution in [0.3, 0.4) is 0 Å². The summed E-state index contributed by atoms with van der Waals surface area (Å²) >= 11 is 0. The molecule has 0 saturated carbocycles. The lowest BCUT2D eigenvalue weighted by atomic mass is 10.1. The van der Waals surface area contributed by atoms with E-state index in [0.29, 0.717) is 12.0 Å². The van der Waals surface area contributed by atoms with E-state index in [0.717, 1.165) is 12.8 Å². The fourth-order valence-corrected chi connectivity index (χ4v) is 1.50. The van der Waals surface area contributed by atoms with Crippen molar-refractivity contribution in [3.8, 4) is 0 Å². The van der Waals surface area contributed by atoms with Gasteiger partial charge in [0.05, 0.1) is 12.2 Å². The molecule has 1 saturated heterocycles. The normalized spacial score (nSPS) is 38.5. The van der Waals surface area contributed by atoms with Gasteiger partial charge < -0.3 is 9.47 Å². The largest absolute Gasteiger partial charge is 0.347 e. The van der Waals surface area contributed by atoms with E-state index in [4.69, 9.17) is 9.47 Å². The molecule has 1 heterocycles. The third kappa shape index (κ3) is 1.99. The smallest absolute Gasteiger partial charge is 0.161 e. The summed E-state index contributed by atoms with van der Waals surface area (Å²) in [4.78, 5) is 0. The van der Waals surface area contributed by atoms with E-state index >= 15 is 0 Å². The number of hydrogen-bond donors (Lipinski definition) is 0. The van der Waals surface area contributed by atoms with Gasteiger partial charge in [-0.15, -0.1) is 0 Å². The standard InChI is InChI=1S/C10H20O2/c1-5-7(3)10-11-8(4)9(6-2)12-10/h7-10H,5-6H2,1-4H3. The van der Waals surface area contributed by atoms with Crippen molar-refractivity contribution < 1.29 is 9.47 Å². The lowest BCUT2D eigenvalue weighted by Crippen LogP contribution is -2.19. The monoisotopic (exact) mass is 172 g/mol. The summed E-state index contributed by atoms with van der Waals surface area (Å²) in [5.41, 5.74) is 0. The molecule has 0 spiro atoms. The van der Waals surface area contributed by atoms with Crippen molar-refractivity contribution in [2.24, 2.45) is 5.92 Å². The maximum Gasteiger partial charge on any atom is 0.161 e. The molecule has 0 aromatic heterocycles. The van der Waals surface area contributed by atoms with Crippen molar-refractivity contribution in [3.05, 3.63) is 0 Å². The Morgan fingerprint density at radius 1 is 1.25 bits per heavy atom. The highest BCUT2D eigenvalue weighted by Crippen LogP contribution is 2.27. The van der Waals surface area contributed by atoms with Gasteiger partial charge in [0.15, 0.2) is 6.29 Å². The Labute approximate surface area is 75.2 Å². The van der Waals surface area contributed by atoms with E-state index < -0.39 is 0 Å². The van der Waals surface area contributed by atoms with E-state index in [1.807, 2.05) is 0 Å². The van der Waals surface area contributed by atoms with Crippen LogP contribution in [0.5, 0.6) is 0 Å². The van der Waals surface area contributed by atoms with E-state index in [-0.39, 0.29) is 12.4 Å². The van der Waals surface area contributed by atoms with Crippen molar-refractivity contribution in [2.75, 3.05) is 0 Å². The first-order valence-corrected chi connectivity index (χ1v) is 4.99. The molecule has 1 aliphatic heterocycles. The Kier molecular flexibility index (Phi) is 3.53. The third-order valence-electron chi connectivity index (χ3n) is 2.69. The van der Waals surface area contributed by atoms with Gasteiger partial charge in [-0.3, -0.25) is 0 Å². The van der Waals surface area contributed by atoms with Gasteiger partial charge in [-0.1, -0.05) is 20.8 Å². The van der Waals surface area contributed by atoms with Gasteiger partial charge in [-0.25, -0.2) is 0 Å². The predicted octanol–water partition coefficient (Wildman–Crippen LogP) is 2.57. The molecule has 0 amide bonds. The average molecular weight is 172 g/mol. The van der Waals surface area contributed by atoms with Gasteiger partial charge in [0.2, 0.25) is 0 Å². The topological polar surface area (TPSA) is 18.5 Å². The van der Waals surface area contributed by atoms with Crippen LogP contribution in [0, 0.1) is 5.92 Å². The lowest BCUT2D eigenvalue weighted by Gasteiger charge is -2.16. The van der Waals surface area contributed by atoms with E-state index in [1.165, 1.54) is 0 Å². The molecule has 0 aliphatic carbocycles. The van der Waals surface area contributed by atoms with Crippen LogP contribution in [0.4, 0.5) is 0 Å². The summed E-state index contributed by atoms with van der Waals surface area (Å²) < 4.78 is 11.4. The maximum absolute atomic E-state index is 5.75. The molecule has 2 heteroatoms. The molecule has 4 unspecified atom stereocenters. The zero-order chi connectivity index (χ0) is 9.14. The van der Waals surface area contributed by atoms with E-state index in [2.05, 4.69) is 27.7 Å². The van der Waals surface area contributed by atoms with Gasteiger partial charge in [0.25, 0.3) is 0 Å². The van der Waals surface area contributed by atoms with E-state index in [1.54, 1.807) is 0 Å². The first-order chi connectivity index (χ1) is 5.69. The van der Waals surface area contributed by atoms with Crippen LogP contribution in [-0.4, -0.2) is 18.5 Å².